The Morgan fingerprint density at radius 2 is 1.12 bits per heavy atom. The molecule has 2 nitrogen and oxygen atoms in total. The van der Waals surface area contributed by atoms with Crippen molar-refractivity contribution in [2.45, 2.75) is 115 Å². The average Bonchev–Trinajstić information content (AvgIpc) is 2.81. The van der Waals surface area contributed by atoms with E-state index in [0.717, 1.165) is 22.8 Å². The molecule has 0 N–H and O–H groups in total. The van der Waals surface area contributed by atoms with Crippen LogP contribution in [0.5, 0.6) is 11.5 Å². The van der Waals surface area contributed by atoms with E-state index < -0.39 is 7.92 Å². The summed E-state index contributed by atoms with van der Waals surface area (Å²) < 4.78 is 12.8. The van der Waals surface area contributed by atoms with E-state index in [1.165, 1.54) is 75.3 Å². The molecule has 0 unspecified atom stereocenters. The zero-order chi connectivity index (χ0) is 23.2. The van der Waals surface area contributed by atoms with Crippen LogP contribution in [-0.4, -0.2) is 23.5 Å². The van der Waals surface area contributed by atoms with Crippen molar-refractivity contribution in [3.63, 3.8) is 0 Å². The molecule has 0 aliphatic heterocycles. The summed E-state index contributed by atoms with van der Waals surface area (Å²) in [7, 11) is -0.700. The van der Waals surface area contributed by atoms with Crippen molar-refractivity contribution in [3.8, 4) is 22.6 Å². The van der Waals surface area contributed by atoms with Gasteiger partial charge in [-0.05, 0) is 97.3 Å². The summed E-state index contributed by atoms with van der Waals surface area (Å²) in [5.74, 6) is 1.92. The number of benzene rings is 2. The molecule has 34 heavy (non-hydrogen) atoms. The van der Waals surface area contributed by atoms with Crippen molar-refractivity contribution in [3.05, 3.63) is 42.5 Å². The number of ether oxygens (including phenoxy) is 2. The summed E-state index contributed by atoms with van der Waals surface area (Å²) >= 11 is 0. The van der Waals surface area contributed by atoms with Gasteiger partial charge >= 0.3 is 0 Å². The molecule has 4 rings (SSSR count). The first kappa shape index (κ1) is 27.7. The fraction of sp³-hybridized carbons (Fsp3) is 0.600. The quantitative estimate of drug-likeness (QED) is 0.233. The maximum Gasteiger partial charge on any atom is 0.131 e. The molecule has 190 valence electrons. The van der Waals surface area contributed by atoms with Crippen molar-refractivity contribution in [1.82, 2.24) is 0 Å². The van der Waals surface area contributed by atoms with Gasteiger partial charge in [0.05, 0.1) is 29.1 Å². The van der Waals surface area contributed by atoms with Crippen LogP contribution in [0, 0.1) is 0 Å². The molecule has 0 atom stereocenters. The van der Waals surface area contributed by atoms with Crippen LogP contribution in [-0.2, 0) is 20.4 Å². The van der Waals surface area contributed by atoms with Crippen LogP contribution in [0.4, 0.5) is 0 Å². The van der Waals surface area contributed by atoms with E-state index in [4.69, 9.17) is 9.47 Å². The van der Waals surface area contributed by atoms with Crippen LogP contribution >= 0.6 is 7.92 Å². The van der Waals surface area contributed by atoms with Crippen LogP contribution in [0.2, 0.25) is 0 Å². The molecule has 0 aromatic heterocycles. The first-order valence-corrected chi connectivity index (χ1v) is 15.1. The van der Waals surface area contributed by atoms with Gasteiger partial charge in [0.1, 0.15) is 16.8 Å². The molecule has 2 aromatic carbocycles. The Morgan fingerprint density at radius 3 is 1.59 bits per heavy atom. The first-order valence-electron chi connectivity index (χ1n) is 13.5. The number of rotatable bonds is 8. The Balaban J connectivity index is 0.00000324. The van der Waals surface area contributed by atoms with E-state index in [1.54, 1.807) is 5.30 Å². The maximum atomic E-state index is 6.38. The summed E-state index contributed by atoms with van der Waals surface area (Å²) in [6.07, 6.45) is 14.5. The van der Waals surface area contributed by atoms with Gasteiger partial charge in [0, 0.05) is 33.9 Å². The molecule has 4 heteroatoms. The third kappa shape index (κ3) is 6.87. The van der Waals surface area contributed by atoms with E-state index in [9.17, 15) is 0 Å². The van der Waals surface area contributed by atoms with Gasteiger partial charge in [0.25, 0.3) is 0 Å². The Kier molecular flexibility index (Phi) is 11.0. The van der Waals surface area contributed by atoms with E-state index in [-0.39, 0.29) is 32.6 Å². The first-order chi connectivity index (χ1) is 16.0. The van der Waals surface area contributed by atoms with Gasteiger partial charge in [0.2, 0.25) is 0 Å². The third-order valence-electron chi connectivity index (χ3n) is 7.31. The Bertz CT molecular complexity index is 839. The second-order valence-corrected chi connectivity index (χ2v) is 13.7. The zero-order valence-corrected chi connectivity index (χ0v) is 24.1. The van der Waals surface area contributed by atoms with Gasteiger partial charge in [-0.1, -0.05) is 37.1 Å². The van der Waals surface area contributed by atoms with Crippen LogP contribution in [0.15, 0.2) is 42.5 Å². The van der Waals surface area contributed by atoms with Crippen LogP contribution in [0.1, 0.15) is 91.9 Å². The summed E-state index contributed by atoms with van der Waals surface area (Å²) in [6.45, 7) is 8.46. The Labute approximate surface area is 223 Å². The van der Waals surface area contributed by atoms with E-state index in [0.29, 0.717) is 0 Å². The largest absolute Gasteiger partial charge is 0.490 e. The van der Waals surface area contributed by atoms with Crippen molar-refractivity contribution >= 4 is 13.2 Å². The monoisotopic (exact) mass is 573 g/mol. The van der Waals surface area contributed by atoms with Gasteiger partial charge in [-0.2, -0.15) is 0 Å². The smallest absolute Gasteiger partial charge is 0.131 e. The molecule has 0 radical (unpaired) electrons. The summed E-state index contributed by atoms with van der Waals surface area (Å²) in [4.78, 5) is 0. The maximum absolute atomic E-state index is 6.38. The molecule has 0 spiro atoms. The standard InChI is InChI=1S/C30H43O2P.Pd/c1-22(2)31-27-19-13-20-28(32-23(3)4)30(27)26-18-11-12-21-29(26)33(24-14-7-5-8-15-24)25-16-9-6-10-17-25;/h11-13,18-25H,5-10,14-17H2,1-4H3;/p+1. The van der Waals surface area contributed by atoms with Crippen LogP contribution in [0.25, 0.3) is 11.1 Å². The van der Waals surface area contributed by atoms with E-state index >= 15 is 0 Å². The summed E-state index contributed by atoms with van der Waals surface area (Å²) in [5.41, 5.74) is 4.35. The molecule has 2 aliphatic rings. The third-order valence-corrected chi connectivity index (χ3v) is 11.3. The second kappa shape index (κ2) is 13.4. The molecular weight excluding hydrogens is 530 g/mol. The van der Waals surface area contributed by atoms with E-state index in [1.807, 2.05) is 0 Å². The van der Waals surface area contributed by atoms with E-state index in [2.05, 4.69) is 70.2 Å². The van der Waals surface area contributed by atoms with Crippen molar-refractivity contribution < 1.29 is 29.9 Å². The van der Waals surface area contributed by atoms with Crippen LogP contribution < -0.4 is 14.8 Å². The predicted molar refractivity (Wildman–Crippen MR) is 145 cm³/mol. The molecule has 2 saturated carbocycles. The minimum atomic E-state index is -0.700. The number of hydrogen-bond donors (Lipinski definition) is 0. The minimum Gasteiger partial charge on any atom is -0.490 e. The minimum absolute atomic E-state index is 0. The second-order valence-electron chi connectivity index (χ2n) is 10.6. The fourth-order valence-corrected chi connectivity index (χ4v) is 10.4. The summed E-state index contributed by atoms with van der Waals surface area (Å²) in [6, 6.07) is 15.7. The number of hydrogen-bond acceptors (Lipinski definition) is 2. The fourth-order valence-electron chi connectivity index (χ4n) is 6.03. The summed E-state index contributed by atoms with van der Waals surface area (Å²) in [5, 5.41) is 1.63. The normalized spacial score (nSPS) is 17.7. The Hall–Kier alpha value is -0.868. The van der Waals surface area contributed by atoms with Crippen molar-refractivity contribution in [2.75, 3.05) is 0 Å². The Morgan fingerprint density at radius 1 is 0.647 bits per heavy atom. The predicted octanol–water partition coefficient (Wildman–Crippen LogP) is 8.43. The van der Waals surface area contributed by atoms with Gasteiger partial charge in [-0.25, -0.2) is 0 Å². The molecule has 2 aromatic rings. The van der Waals surface area contributed by atoms with Crippen molar-refractivity contribution in [2.24, 2.45) is 0 Å². The van der Waals surface area contributed by atoms with Gasteiger partial charge in [-0.3, -0.25) is 0 Å². The van der Waals surface area contributed by atoms with Crippen LogP contribution in [0.3, 0.4) is 0 Å². The SMILES string of the molecule is CC(C)Oc1cccc(OC(C)C)c1-c1ccccc1[PH+](C1CCCCC1)C1CCCCC1.[Pd]. The molecule has 2 aliphatic carbocycles. The molecule has 0 saturated heterocycles. The van der Waals surface area contributed by atoms with Gasteiger partial charge < -0.3 is 9.47 Å². The van der Waals surface area contributed by atoms with Gasteiger partial charge in [-0.15, -0.1) is 0 Å². The molecule has 0 amide bonds. The molecule has 0 bridgehead atoms. The van der Waals surface area contributed by atoms with Crippen molar-refractivity contribution in [1.29, 1.82) is 0 Å². The zero-order valence-electron chi connectivity index (χ0n) is 21.6. The molecular formula is C30H44O2PPd+. The molecule has 0 heterocycles. The average molecular weight is 574 g/mol. The molecule has 2 fully saturated rings. The van der Waals surface area contributed by atoms with Gasteiger partial charge in [0.15, 0.2) is 0 Å². The topological polar surface area (TPSA) is 18.5 Å².